The van der Waals surface area contributed by atoms with Gasteiger partial charge in [0.05, 0.1) is 6.10 Å². The fourth-order valence-electron chi connectivity index (χ4n) is 2.89. The second kappa shape index (κ2) is 7.34. The van der Waals surface area contributed by atoms with Gasteiger partial charge in [0.15, 0.2) is 0 Å². The Morgan fingerprint density at radius 2 is 2.14 bits per heavy atom. The summed E-state index contributed by atoms with van der Waals surface area (Å²) in [5, 5.41) is 0. The standard InChI is InChI=1S/C17H27FN2O/c1-17(13-19,11-14-7-3-4-9-16(14)18)20(2)12-15-8-5-6-10-21-15/h3-4,7,9,15H,5-6,8,10-13,19H2,1-2H3. The zero-order chi connectivity index (χ0) is 15.3. The molecule has 2 rings (SSSR count). The summed E-state index contributed by atoms with van der Waals surface area (Å²) in [5.74, 6) is -0.153. The lowest BCUT2D eigenvalue weighted by Crippen LogP contribution is -2.54. The highest BCUT2D eigenvalue weighted by atomic mass is 19.1. The first-order valence-electron chi connectivity index (χ1n) is 7.81. The average Bonchev–Trinajstić information content (AvgIpc) is 2.50. The van der Waals surface area contributed by atoms with Crippen LogP contribution in [0.15, 0.2) is 24.3 Å². The third-order valence-corrected chi connectivity index (χ3v) is 4.64. The predicted molar refractivity (Wildman–Crippen MR) is 83.8 cm³/mol. The summed E-state index contributed by atoms with van der Waals surface area (Å²) in [6, 6.07) is 6.95. The van der Waals surface area contributed by atoms with Gasteiger partial charge in [-0.3, -0.25) is 4.90 Å². The number of nitrogens with two attached hydrogens (primary N) is 1. The van der Waals surface area contributed by atoms with Crippen LogP contribution >= 0.6 is 0 Å². The summed E-state index contributed by atoms with van der Waals surface area (Å²) >= 11 is 0. The molecule has 0 spiro atoms. The van der Waals surface area contributed by atoms with Gasteiger partial charge >= 0.3 is 0 Å². The van der Waals surface area contributed by atoms with Gasteiger partial charge in [-0.2, -0.15) is 0 Å². The van der Waals surface area contributed by atoms with Crippen molar-refractivity contribution in [2.75, 3.05) is 26.7 Å². The van der Waals surface area contributed by atoms with Crippen LogP contribution in [0.2, 0.25) is 0 Å². The van der Waals surface area contributed by atoms with Crippen molar-refractivity contribution < 1.29 is 9.13 Å². The fourth-order valence-corrected chi connectivity index (χ4v) is 2.89. The van der Waals surface area contributed by atoms with E-state index in [0.717, 1.165) is 31.6 Å². The van der Waals surface area contributed by atoms with Crippen LogP contribution < -0.4 is 5.73 Å². The van der Waals surface area contributed by atoms with E-state index in [0.29, 0.717) is 13.0 Å². The molecule has 0 saturated carbocycles. The van der Waals surface area contributed by atoms with E-state index in [9.17, 15) is 4.39 Å². The van der Waals surface area contributed by atoms with E-state index < -0.39 is 0 Å². The number of likely N-dealkylation sites (N-methyl/N-ethyl adjacent to an activating group) is 1. The maximum atomic E-state index is 13.9. The van der Waals surface area contributed by atoms with Crippen LogP contribution in [0.3, 0.4) is 0 Å². The van der Waals surface area contributed by atoms with Crippen LogP contribution in [0, 0.1) is 5.82 Å². The molecule has 1 aromatic rings. The molecule has 2 unspecified atom stereocenters. The molecule has 0 aliphatic carbocycles. The Hall–Kier alpha value is -0.970. The molecule has 21 heavy (non-hydrogen) atoms. The van der Waals surface area contributed by atoms with E-state index in [1.165, 1.54) is 12.5 Å². The Kier molecular flexibility index (Phi) is 5.73. The molecule has 3 nitrogen and oxygen atoms in total. The maximum Gasteiger partial charge on any atom is 0.126 e. The summed E-state index contributed by atoms with van der Waals surface area (Å²) in [6.45, 7) is 4.29. The molecule has 1 heterocycles. The first-order chi connectivity index (χ1) is 10.0. The third-order valence-electron chi connectivity index (χ3n) is 4.64. The molecule has 0 aromatic heterocycles. The molecule has 0 amide bonds. The molecule has 2 atom stereocenters. The van der Waals surface area contributed by atoms with Crippen molar-refractivity contribution in [2.45, 2.75) is 44.2 Å². The molecule has 1 aliphatic rings. The van der Waals surface area contributed by atoms with Gasteiger partial charge in [-0.1, -0.05) is 18.2 Å². The van der Waals surface area contributed by atoms with E-state index in [-0.39, 0.29) is 17.5 Å². The van der Waals surface area contributed by atoms with Gasteiger partial charge in [0.25, 0.3) is 0 Å². The van der Waals surface area contributed by atoms with Crippen molar-refractivity contribution in [3.8, 4) is 0 Å². The summed E-state index contributed by atoms with van der Waals surface area (Å²) in [4.78, 5) is 2.23. The Morgan fingerprint density at radius 1 is 1.38 bits per heavy atom. The molecule has 0 bridgehead atoms. The minimum absolute atomic E-state index is 0.153. The number of benzene rings is 1. The van der Waals surface area contributed by atoms with Gasteiger partial charge in [-0.15, -0.1) is 0 Å². The Bertz CT molecular complexity index is 448. The number of hydrogen-bond acceptors (Lipinski definition) is 3. The highest BCUT2D eigenvalue weighted by Crippen LogP contribution is 2.23. The largest absolute Gasteiger partial charge is 0.377 e. The predicted octanol–water partition coefficient (Wildman–Crippen LogP) is 2.59. The van der Waals surface area contributed by atoms with Crippen molar-refractivity contribution in [2.24, 2.45) is 5.73 Å². The van der Waals surface area contributed by atoms with Crippen LogP contribution in [0.5, 0.6) is 0 Å². The normalized spacial score (nSPS) is 22.2. The number of nitrogens with zero attached hydrogens (tertiary/aromatic N) is 1. The quantitative estimate of drug-likeness (QED) is 0.876. The van der Waals surface area contributed by atoms with Crippen molar-refractivity contribution in [3.05, 3.63) is 35.6 Å². The number of halogens is 1. The molecule has 0 radical (unpaired) electrons. The van der Waals surface area contributed by atoms with Gasteiger partial charge in [-0.05, 0) is 51.3 Å². The summed E-state index contributed by atoms with van der Waals surface area (Å²) in [6.07, 6.45) is 4.37. The van der Waals surface area contributed by atoms with Crippen LogP contribution in [-0.4, -0.2) is 43.3 Å². The van der Waals surface area contributed by atoms with Crippen molar-refractivity contribution in [1.29, 1.82) is 0 Å². The molecule has 4 heteroatoms. The first kappa shape index (κ1) is 16.4. The highest BCUT2D eigenvalue weighted by molar-refractivity contribution is 5.20. The minimum Gasteiger partial charge on any atom is -0.377 e. The SMILES string of the molecule is CN(CC1CCCCO1)C(C)(CN)Cc1ccccc1F. The van der Waals surface area contributed by atoms with E-state index in [4.69, 9.17) is 10.5 Å². The molecule has 2 N–H and O–H groups in total. The smallest absolute Gasteiger partial charge is 0.126 e. The Labute approximate surface area is 127 Å². The summed E-state index contributed by atoms with van der Waals surface area (Å²) < 4.78 is 19.7. The lowest BCUT2D eigenvalue weighted by atomic mass is 9.90. The van der Waals surface area contributed by atoms with Crippen molar-refractivity contribution in [1.82, 2.24) is 4.90 Å². The molecule has 1 aromatic carbocycles. The molecule has 1 fully saturated rings. The molecular weight excluding hydrogens is 267 g/mol. The zero-order valence-electron chi connectivity index (χ0n) is 13.1. The van der Waals surface area contributed by atoms with Crippen molar-refractivity contribution >= 4 is 0 Å². The molecule has 1 saturated heterocycles. The molecule has 118 valence electrons. The topological polar surface area (TPSA) is 38.5 Å². The van der Waals surface area contributed by atoms with Gasteiger partial charge in [-0.25, -0.2) is 4.39 Å². The van der Waals surface area contributed by atoms with Gasteiger partial charge in [0.2, 0.25) is 0 Å². The third kappa shape index (κ3) is 4.25. The van der Waals surface area contributed by atoms with E-state index in [2.05, 4.69) is 18.9 Å². The average molecular weight is 294 g/mol. The summed E-state index contributed by atoms with van der Waals surface area (Å²) in [7, 11) is 2.06. The summed E-state index contributed by atoms with van der Waals surface area (Å²) in [5.41, 5.74) is 6.47. The number of rotatable bonds is 6. The fraction of sp³-hybridized carbons (Fsp3) is 0.647. The number of hydrogen-bond donors (Lipinski definition) is 1. The van der Waals surface area contributed by atoms with Crippen LogP contribution in [0.4, 0.5) is 4.39 Å². The van der Waals surface area contributed by atoms with Gasteiger partial charge in [0, 0.05) is 25.2 Å². The second-order valence-corrected chi connectivity index (χ2v) is 6.34. The zero-order valence-corrected chi connectivity index (χ0v) is 13.1. The van der Waals surface area contributed by atoms with Gasteiger partial charge < -0.3 is 10.5 Å². The highest BCUT2D eigenvalue weighted by Gasteiger charge is 2.31. The number of ether oxygens (including phenoxy) is 1. The lowest BCUT2D eigenvalue weighted by molar-refractivity contribution is -0.0198. The first-order valence-corrected chi connectivity index (χ1v) is 7.81. The van der Waals surface area contributed by atoms with E-state index >= 15 is 0 Å². The molecule has 1 aliphatic heterocycles. The van der Waals surface area contributed by atoms with E-state index in [1.54, 1.807) is 6.07 Å². The Morgan fingerprint density at radius 3 is 2.76 bits per heavy atom. The Balaban J connectivity index is 2.03. The molecular formula is C17H27FN2O. The monoisotopic (exact) mass is 294 g/mol. The maximum absolute atomic E-state index is 13.9. The lowest BCUT2D eigenvalue weighted by Gasteiger charge is -2.40. The second-order valence-electron chi connectivity index (χ2n) is 6.34. The minimum atomic E-state index is -0.261. The van der Waals surface area contributed by atoms with Crippen LogP contribution in [0.1, 0.15) is 31.7 Å². The van der Waals surface area contributed by atoms with Crippen LogP contribution in [-0.2, 0) is 11.2 Å². The van der Waals surface area contributed by atoms with Crippen LogP contribution in [0.25, 0.3) is 0 Å². The van der Waals surface area contributed by atoms with Gasteiger partial charge in [0.1, 0.15) is 5.82 Å². The van der Waals surface area contributed by atoms with Crippen molar-refractivity contribution in [3.63, 3.8) is 0 Å². The van der Waals surface area contributed by atoms with E-state index in [1.807, 2.05) is 12.1 Å².